The van der Waals surface area contributed by atoms with Gasteiger partial charge in [0.1, 0.15) is 5.75 Å². The van der Waals surface area contributed by atoms with Crippen LogP contribution in [0.2, 0.25) is 0 Å². The molecule has 4 heteroatoms. The van der Waals surface area contributed by atoms with Crippen molar-refractivity contribution in [2.75, 3.05) is 32.7 Å². The molecule has 1 unspecified atom stereocenters. The highest BCUT2D eigenvalue weighted by Gasteiger charge is 2.29. The van der Waals surface area contributed by atoms with Crippen molar-refractivity contribution in [3.63, 3.8) is 0 Å². The molecule has 0 amide bonds. The lowest BCUT2D eigenvalue weighted by atomic mass is 9.91. The highest BCUT2D eigenvalue weighted by atomic mass is 79.9. The van der Waals surface area contributed by atoms with Gasteiger partial charge in [-0.3, -0.25) is 4.90 Å². The Labute approximate surface area is 211 Å². The Morgan fingerprint density at radius 1 is 0.853 bits per heavy atom. The summed E-state index contributed by atoms with van der Waals surface area (Å²) in [6.07, 6.45) is 12.8. The first kappa shape index (κ1) is 23.3. The predicted octanol–water partition coefficient (Wildman–Crippen LogP) is 6.93. The van der Waals surface area contributed by atoms with Crippen LogP contribution in [0.4, 0.5) is 0 Å². The van der Waals surface area contributed by atoms with Crippen LogP contribution in [0, 0.1) is 5.92 Å². The van der Waals surface area contributed by atoms with Crippen molar-refractivity contribution >= 4 is 26.7 Å². The van der Waals surface area contributed by atoms with E-state index in [0.717, 1.165) is 41.6 Å². The van der Waals surface area contributed by atoms with E-state index in [1.165, 1.54) is 36.8 Å². The van der Waals surface area contributed by atoms with Crippen LogP contribution < -0.4 is 0 Å². The summed E-state index contributed by atoms with van der Waals surface area (Å²) in [5.74, 6) is 1.03. The number of phenols is 1. The van der Waals surface area contributed by atoms with Crippen LogP contribution >= 0.6 is 15.9 Å². The quantitative estimate of drug-likeness (QED) is 0.329. The maximum absolute atomic E-state index is 11.1. The number of allylic oxidation sites excluding steroid dienone is 4. The molecule has 3 aromatic carbocycles. The smallest absolute Gasteiger partial charge is 0.121 e. The fraction of sp³-hybridized carbons (Fsp3) is 0.333. The summed E-state index contributed by atoms with van der Waals surface area (Å²) >= 11 is 3.58. The number of unbranched alkanes of at least 4 members (excludes halogenated alkanes) is 1. The van der Waals surface area contributed by atoms with Gasteiger partial charge in [-0.2, -0.15) is 0 Å². The normalized spacial score (nSPS) is 18.1. The van der Waals surface area contributed by atoms with Crippen molar-refractivity contribution in [2.45, 2.75) is 25.3 Å². The third kappa shape index (κ3) is 5.30. The molecule has 34 heavy (non-hydrogen) atoms. The summed E-state index contributed by atoms with van der Waals surface area (Å²) in [5.41, 5.74) is 2.24. The number of hydrogen-bond donors (Lipinski definition) is 1. The molecule has 0 aromatic heterocycles. The van der Waals surface area contributed by atoms with Gasteiger partial charge < -0.3 is 10.0 Å². The Balaban J connectivity index is 1.32. The fourth-order valence-corrected chi connectivity index (χ4v) is 5.67. The molecular weight excluding hydrogens is 484 g/mol. The van der Waals surface area contributed by atoms with E-state index in [-0.39, 0.29) is 6.04 Å². The molecule has 0 bridgehead atoms. The highest BCUT2D eigenvalue weighted by Crippen LogP contribution is 2.40. The average Bonchev–Trinajstić information content (AvgIpc) is 3.39. The van der Waals surface area contributed by atoms with Gasteiger partial charge in [0.25, 0.3) is 0 Å². The summed E-state index contributed by atoms with van der Waals surface area (Å²) in [6.45, 7) is 5.31. The van der Waals surface area contributed by atoms with Crippen LogP contribution in [0.1, 0.15) is 36.4 Å². The van der Waals surface area contributed by atoms with E-state index in [2.05, 4.69) is 98.6 Å². The molecule has 1 atom stereocenters. The summed E-state index contributed by atoms with van der Waals surface area (Å²) in [4.78, 5) is 5.16. The van der Waals surface area contributed by atoms with Gasteiger partial charge in [0.2, 0.25) is 0 Å². The first-order valence-corrected chi connectivity index (χ1v) is 13.3. The third-order valence-electron chi connectivity index (χ3n) is 7.27. The molecule has 176 valence electrons. The number of aromatic hydroxyl groups is 1. The fourth-order valence-electron chi connectivity index (χ4n) is 5.41. The van der Waals surface area contributed by atoms with Gasteiger partial charge in [-0.05, 0) is 59.8 Å². The number of hydrogen-bond acceptors (Lipinski definition) is 3. The number of rotatable bonds is 8. The average molecular weight is 518 g/mol. The van der Waals surface area contributed by atoms with E-state index in [1.807, 2.05) is 12.1 Å². The zero-order valence-corrected chi connectivity index (χ0v) is 21.2. The second-order valence-corrected chi connectivity index (χ2v) is 10.4. The topological polar surface area (TPSA) is 26.7 Å². The van der Waals surface area contributed by atoms with Gasteiger partial charge in [0.05, 0.1) is 6.04 Å². The Bertz CT molecular complexity index is 1150. The van der Waals surface area contributed by atoms with Crippen LogP contribution in [0.25, 0.3) is 10.8 Å². The van der Waals surface area contributed by atoms with Crippen molar-refractivity contribution in [1.29, 1.82) is 0 Å². The minimum absolute atomic E-state index is 0.0299. The molecule has 1 fully saturated rings. The number of phenolic OH excluding ortho intramolecular Hbond substituents is 1. The van der Waals surface area contributed by atoms with Crippen molar-refractivity contribution < 1.29 is 5.11 Å². The van der Waals surface area contributed by atoms with Crippen LogP contribution in [-0.2, 0) is 0 Å². The second kappa shape index (κ2) is 10.9. The molecular formula is C30H33BrN2O. The highest BCUT2D eigenvalue weighted by molar-refractivity contribution is 9.10. The Hall–Kier alpha value is -2.40. The molecule has 3 nitrogen and oxygen atoms in total. The van der Waals surface area contributed by atoms with Gasteiger partial charge in [-0.25, -0.2) is 0 Å². The molecule has 2 aliphatic rings. The number of piperazine rings is 1. The number of halogens is 1. The molecule has 1 saturated heterocycles. The Kier molecular flexibility index (Phi) is 7.48. The van der Waals surface area contributed by atoms with Gasteiger partial charge in [-0.1, -0.05) is 89.1 Å². The van der Waals surface area contributed by atoms with E-state index >= 15 is 0 Å². The molecule has 5 rings (SSSR count). The van der Waals surface area contributed by atoms with Crippen molar-refractivity contribution in [3.8, 4) is 5.75 Å². The molecule has 3 aromatic rings. The molecule has 1 heterocycles. The molecule has 0 radical (unpaired) electrons. The summed E-state index contributed by atoms with van der Waals surface area (Å²) in [6, 6.07) is 20.9. The lowest BCUT2D eigenvalue weighted by molar-refractivity contribution is 0.107. The van der Waals surface area contributed by atoms with Crippen LogP contribution in [0.5, 0.6) is 5.75 Å². The van der Waals surface area contributed by atoms with E-state index in [9.17, 15) is 5.11 Å². The Morgan fingerprint density at radius 3 is 2.35 bits per heavy atom. The van der Waals surface area contributed by atoms with Gasteiger partial charge in [0.15, 0.2) is 0 Å². The molecule has 1 aliphatic heterocycles. The maximum atomic E-state index is 11.1. The second-order valence-electron chi connectivity index (χ2n) is 9.48. The van der Waals surface area contributed by atoms with Gasteiger partial charge in [-0.15, -0.1) is 0 Å². The lowest BCUT2D eigenvalue weighted by Crippen LogP contribution is -2.48. The number of nitrogens with zero attached hydrogens (tertiary/aromatic N) is 2. The van der Waals surface area contributed by atoms with E-state index in [4.69, 9.17) is 0 Å². The summed E-state index contributed by atoms with van der Waals surface area (Å²) < 4.78 is 1.07. The molecule has 0 spiro atoms. The first-order chi connectivity index (χ1) is 16.7. The molecule has 1 aliphatic carbocycles. The molecule has 0 saturated carbocycles. The van der Waals surface area contributed by atoms with Crippen LogP contribution in [-0.4, -0.2) is 47.6 Å². The first-order valence-electron chi connectivity index (χ1n) is 12.5. The Morgan fingerprint density at radius 2 is 1.59 bits per heavy atom. The molecule has 1 N–H and O–H groups in total. The zero-order chi connectivity index (χ0) is 23.3. The predicted molar refractivity (Wildman–Crippen MR) is 145 cm³/mol. The van der Waals surface area contributed by atoms with Crippen molar-refractivity contribution in [3.05, 3.63) is 101 Å². The minimum Gasteiger partial charge on any atom is -0.508 e. The van der Waals surface area contributed by atoms with Crippen molar-refractivity contribution in [1.82, 2.24) is 9.80 Å². The van der Waals surface area contributed by atoms with Gasteiger partial charge in [0, 0.05) is 36.2 Å². The minimum atomic E-state index is 0.0299. The zero-order valence-electron chi connectivity index (χ0n) is 19.6. The number of fused-ring (bicyclic) bond motifs is 1. The van der Waals surface area contributed by atoms with Crippen LogP contribution in [0.3, 0.4) is 0 Å². The standard InChI is InChI=1S/C30H33BrN2O/c31-26-15-12-25(13-16-26)30(29-27-11-4-3-10-24(27)14-17-28(29)34)33-21-19-32(20-22-33)18-6-5-9-23-7-1-2-8-23/h1-4,7-8,10-17,23,30,34H,5-6,9,18-22H2. The van der Waals surface area contributed by atoms with E-state index < -0.39 is 0 Å². The van der Waals surface area contributed by atoms with Crippen molar-refractivity contribution in [2.24, 2.45) is 5.92 Å². The largest absolute Gasteiger partial charge is 0.508 e. The maximum Gasteiger partial charge on any atom is 0.121 e. The van der Waals surface area contributed by atoms with Crippen LogP contribution in [0.15, 0.2) is 89.4 Å². The van der Waals surface area contributed by atoms with E-state index in [0.29, 0.717) is 11.7 Å². The number of benzene rings is 3. The summed E-state index contributed by atoms with van der Waals surface area (Å²) in [5, 5.41) is 13.4. The summed E-state index contributed by atoms with van der Waals surface area (Å²) in [7, 11) is 0. The monoisotopic (exact) mass is 516 g/mol. The SMILES string of the molecule is Oc1ccc2ccccc2c1C(c1ccc(Br)cc1)N1CCN(CCCCC2C=CC=C2)CC1. The van der Waals surface area contributed by atoms with Gasteiger partial charge >= 0.3 is 0 Å². The van der Waals surface area contributed by atoms with E-state index in [1.54, 1.807) is 0 Å². The lowest BCUT2D eigenvalue weighted by Gasteiger charge is -2.40. The third-order valence-corrected chi connectivity index (χ3v) is 7.80.